The predicted molar refractivity (Wildman–Crippen MR) is 324 cm³/mol. The summed E-state index contributed by atoms with van der Waals surface area (Å²) in [6, 6.07) is 58.4. The van der Waals surface area contributed by atoms with Gasteiger partial charge < -0.3 is 23.8 Å². The zero-order chi connectivity index (χ0) is 61.1. The van der Waals surface area contributed by atoms with Crippen LogP contribution in [0.15, 0.2) is 246 Å². The molecule has 9 aromatic carbocycles. The van der Waals surface area contributed by atoms with Gasteiger partial charge in [-0.15, -0.1) is 24.8 Å². The summed E-state index contributed by atoms with van der Waals surface area (Å²) in [5.74, 6) is 2.77. The molecule has 0 bridgehead atoms. The van der Waals surface area contributed by atoms with Crippen LogP contribution in [0.3, 0.4) is 0 Å². The summed E-state index contributed by atoms with van der Waals surface area (Å²) in [5.41, 5.74) is 6.48. The van der Waals surface area contributed by atoms with E-state index in [1.54, 1.807) is 63.6 Å². The Morgan fingerprint density at radius 2 is 0.776 bits per heavy atom. The molecule has 9 aromatic rings. The first-order valence-corrected chi connectivity index (χ1v) is 26.7. The number of para-hydroxylation sites is 1. The first-order chi connectivity index (χ1) is 41.0. The van der Waals surface area contributed by atoms with Gasteiger partial charge in [0.1, 0.15) is 45.7 Å². The average Bonchev–Trinajstić information content (AvgIpc) is 3.71. The SMILES string of the molecule is COc1c(C)cc(C(F)(F)F)cc1N=Nc1ccccc1.COc1c(C)cc(Cl)cc1N=Nc1ccccc1.COc1c(C)cc(SOOc2ccccc2)cc1N=Nc1ccccc1.COc1c(C)cc([N+](=O)[O-])cc1N=Nc1ccccc1. The monoisotopic (exact) mass is 1190 g/mol. The Hall–Kier alpha value is -9.83. The molecule has 0 aliphatic rings. The lowest BCUT2D eigenvalue weighted by Gasteiger charge is -2.12. The van der Waals surface area contributed by atoms with E-state index in [1.807, 2.05) is 147 Å². The molecule has 0 N–H and O–H groups in total. The normalized spacial score (nSPS) is 11.1. The number of aryl methyl sites for hydroxylation is 4. The van der Waals surface area contributed by atoms with E-state index < -0.39 is 16.7 Å². The van der Waals surface area contributed by atoms with Crippen molar-refractivity contribution in [1.29, 1.82) is 0 Å². The molecule has 0 aliphatic carbocycles. The molecule has 0 heterocycles. The number of azo groups is 4. The van der Waals surface area contributed by atoms with Crippen LogP contribution in [0.2, 0.25) is 5.02 Å². The number of nitro groups is 1. The molecule has 17 nitrogen and oxygen atoms in total. The van der Waals surface area contributed by atoms with Crippen molar-refractivity contribution in [2.75, 3.05) is 28.4 Å². The second kappa shape index (κ2) is 32.7. The molecule has 0 unspecified atom stereocenters. The first kappa shape index (κ1) is 64.3. The second-order valence-corrected chi connectivity index (χ2v) is 18.9. The molecule has 9 rings (SSSR count). The zero-order valence-corrected chi connectivity index (χ0v) is 48.8. The summed E-state index contributed by atoms with van der Waals surface area (Å²) >= 11 is 7.11. The lowest BCUT2D eigenvalue weighted by Crippen LogP contribution is -2.05. The Labute approximate surface area is 498 Å². The molecule has 436 valence electrons. The van der Waals surface area contributed by atoms with Crippen LogP contribution in [0, 0.1) is 37.8 Å². The van der Waals surface area contributed by atoms with Crippen molar-refractivity contribution in [2.24, 2.45) is 40.9 Å². The van der Waals surface area contributed by atoms with E-state index >= 15 is 0 Å². The van der Waals surface area contributed by atoms with Gasteiger partial charge in [0.25, 0.3) is 5.69 Å². The van der Waals surface area contributed by atoms with Gasteiger partial charge in [-0.2, -0.15) is 33.6 Å². The fourth-order valence-corrected chi connectivity index (χ4v) is 8.44. The number of ether oxygens (including phenoxy) is 4. The standard InChI is InChI=1S/C20H18N2O3S.C15H13F3N2O.C14H13ClN2O.C14H13N3O3/c1-15-13-18(26-25-24-17-11-7-4-8-12-17)14-19(20(15)23-2)22-21-16-9-5-3-6-10-16;1-10-8-11(15(16,17)18)9-13(14(10)21-2)20-19-12-6-4-3-5-7-12;1-10-8-11(15)9-13(14(10)18-2)17-16-12-6-4-3-5-7-12;1-10-8-12(17(18)19)9-13(14(10)20-2)16-15-11-6-4-3-5-7-11/h3-14H,1-2H3;3-9H,1-2H3;3-9H,1-2H3;3-9H,1-2H3. The fourth-order valence-electron chi connectivity index (χ4n) is 7.60. The Bertz CT molecular complexity index is 3730. The molecule has 0 amide bonds. The maximum atomic E-state index is 12.8. The number of non-ortho nitro benzene ring substituents is 1. The molecule has 85 heavy (non-hydrogen) atoms. The minimum absolute atomic E-state index is 0.0367. The van der Waals surface area contributed by atoms with Crippen LogP contribution in [0.1, 0.15) is 27.8 Å². The van der Waals surface area contributed by atoms with Crippen LogP contribution in [0.25, 0.3) is 0 Å². The van der Waals surface area contributed by atoms with Crippen LogP contribution >= 0.6 is 23.6 Å². The van der Waals surface area contributed by atoms with Crippen molar-refractivity contribution in [2.45, 2.75) is 38.8 Å². The highest BCUT2D eigenvalue weighted by molar-refractivity contribution is 7.94. The highest BCUT2D eigenvalue weighted by atomic mass is 35.5. The zero-order valence-electron chi connectivity index (χ0n) is 47.3. The molecule has 0 spiro atoms. The third kappa shape index (κ3) is 20.2. The topological polar surface area (TPSA) is 197 Å². The Kier molecular flexibility index (Phi) is 24.8. The smallest absolute Gasteiger partial charge is 0.416 e. The van der Waals surface area contributed by atoms with Gasteiger partial charge in [0.15, 0.2) is 5.75 Å². The van der Waals surface area contributed by atoms with Gasteiger partial charge >= 0.3 is 6.18 Å². The van der Waals surface area contributed by atoms with E-state index in [9.17, 15) is 23.3 Å². The summed E-state index contributed by atoms with van der Waals surface area (Å²) in [5, 5.41) is 44.3. The van der Waals surface area contributed by atoms with Gasteiger partial charge in [0.2, 0.25) is 0 Å². The van der Waals surface area contributed by atoms with Gasteiger partial charge in [-0.25, -0.2) is 0 Å². The summed E-state index contributed by atoms with van der Waals surface area (Å²) in [4.78, 5) is 16.5. The van der Waals surface area contributed by atoms with E-state index in [0.717, 1.165) is 51.6 Å². The molecule has 22 heteroatoms. The number of nitrogens with zero attached hydrogens (tertiary/aromatic N) is 9. The van der Waals surface area contributed by atoms with E-state index in [0.29, 0.717) is 67.6 Å². The number of hydrogen-bond acceptors (Lipinski definition) is 17. The fraction of sp³-hybridized carbons (Fsp3) is 0.143. The Balaban J connectivity index is 0.000000183. The van der Waals surface area contributed by atoms with Crippen molar-refractivity contribution >= 4 is 74.8 Å². The van der Waals surface area contributed by atoms with E-state index in [2.05, 4.69) is 40.9 Å². The van der Waals surface area contributed by atoms with Crippen LogP contribution in [0.4, 0.5) is 64.4 Å². The first-order valence-electron chi connectivity index (χ1n) is 25.5. The summed E-state index contributed by atoms with van der Waals surface area (Å²) < 4.78 is 64.9. The summed E-state index contributed by atoms with van der Waals surface area (Å²) in [7, 11) is 6.11. The summed E-state index contributed by atoms with van der Waals surface area (Å²) in [6.07, 6.45) is -4.44. The Morgan fingerprint density at radius 3 is 1.16 bits per heavy atom. The Morgan fingerprint density at radius 1 is 0.435 bits per heavy atom. The molecule has 0 aliphatic heterocycles. The van der Waals surface area contributed by atoms with Gasteiger partial charge in [0, 0.05) is 27.6 Å². The maximum absolute atomic E-state index is 12.8. The molecule has 0 radical (unpaired) electrons. The summed E-state index contributed by atoms with van der Waals surface area (Å²) in [6.45, 7) is 7.14. The van der Waals surface area contributed by atoms with E-state index in [4.69, 9.17) is 39.8 Å². The maximum Gasteiger partial charge on any atom is 0.416 e. The molecule has 0 atom stereocenters. The second-order valence-electron chi connectivity index (χ2n) is 17.7. The highest BCUT2D eigenvalue weighted by Gasteiger charge is 2.32. The number of methoxy groups -OCH3 is 4. The van der Waals surface area contributed by atoms with Crippen LogP contribution in [-0.2, 0) is 10.5 Å². The van der Waals surface area contributed by atoms with Crippen LogP contribution in [-0.4, -0.2) is 33.4 Å². The molecular weight excluding hydrogens is 1140 g/mol. The van der Waals surface area contributed by atoms with Gasteiger partial charge in [-0.3, -0.25) is 10.1 Å². The van der Waals surface area contributed by atoms with Crippen molar-refractivity contribution in [3.05, 3.63) is 243 Å². The molecule has 0 aromatic heterocycles. The van der Waals surface area contributed by atoms with E-state index in [-0.39, 0.29) is 17.1 Å². The molecular formula is C63H57ClF3N9O8S. The van der Waals surface area contributed by atoms with Crippen LogP contribution in [0.5, 0.6) is 28.7 Å². The number of alkyl halides is 3. The minimum Gasteiger partial charge on any atom is -0.494 e. The number of nitro benzene ring substituents is 1. The van der Waals surface area contributed by atoms with Crippen molar-refractivity contribution in [1.82, 2.24) is 0 Å². The third-order valence-corrected chi connectivity index (χ3v) is 12.2. The predicted octanol–water partition coefficient (Wildman–Crippen LogP) is 21.3. The lowest BCUT2D eigenvalue weighted by atomic mass is 10.1. The average molecular weight is 1190 g/mol. The highest BCUT2D eigenvalue weighted by Crippen LogP contribution is 2.41. The van der Waals surface area contributed by atoms with Crippen molar-refractivity contribution < 1.29 is 46.3 Å². The number of halogens is 4. The van der Waals surface area contributed by atoms with E-state index in [1.165, 1.54) is 33.3 Å². The van der Waals surface area contributed by atoms with Crippen molar-refractivity contribution in [3.8, 4) is 28.7 Å². The number of rotatable bonds is 17. The van der Waals surface area contributed by atoms with Gasteiger partial charge in [-0.05, 0) is 141 Å². The van der Waals surface area contributed by atoms with Crippen molar-refractivity contribution in [3.63, 3.8) is 0 Å². The lowest BCUT2D eigenvalue weighted by molar-refractivity contribution is -0.384. The third-order valence-electron chi connectivity index (χ3n) is 11.4. The van der Waals surface area contributed by atoms with Gasteiger partial charge in [-0.1, -0.05) is 103 Å². The van der Waals surface area contributed by atoms with Gasteiger partial charge in [0.05, 0.1) is 73.7 Å². The largest absolute Gasteiger partial charge is 0.494 e. The van der Waals surface area contributed by atoms with Crippen LogP contribution < -0.4 is 23.8 Å². The quantitative estimate of drug-likeness (QED) is 0.0280. The molecule has 0 saturated heterocycles. The molecule has 0 saturated carbocycles. The number of benzene rings is 9. The number of hydrogen-bond donors (Lipinski definition) is 0. The minimum atomic E-state index is -4.44. The molecule has 0 fully saturated rings.